The van der Waals surface area contributed by atoms with E-state index in [0.717, 1.165) is 5.69 Å². The number of ketones is 1. The van der Waals surface area contributed by atoms with Crippen molar-refractivity contribution in [1.29, 1.82) is 0 Å². The smallest absolute Gasteiger partial charge is 0.300 e. The van der Waals surface area contributed by atoms with Crippen molar-refractivity contribution < 1.29 is 19.4 Å². The van der Waals surface area contributed by atoms with Crippen molar-refractivity contribution in [3.63, 3.8) is 0 Å². The van der Waals surface area contributed by atoms with E-state index in [1.807, 2.05) is 38.1 Å². The Balaban J connectivity index is 1.89. The second kappa shape index (κ2) is 9.61. The van der Waals surface area contributed by atoms with Gasteiger partial charge in [0.05, 0.1) is 18.2 Å². The number of rotatable bonds is 6. The third-order valence-corrected chi connectivity index (χ3v) is 5.93. The molecule has 3 aromatic rings. The summed E-state index contributed by atoms with van der Waals surface area (Å²) in [4.78, 5) is 29.9. The zero-order valence-corrected chi connectivity index (χ0v) is 19.9. The molecule has 3 aromatic carbocycles. The van der Waals surface area contributed by atoms with Crippen molar-refractivity contribution in [3.05, 3.63) is 94.5 Å². The number of ether oxygens (including phenoxy) is 1. The van der Waals surface area contributed by atoms with Crippen LogP contribution in [0.25, 0.3) is 5.76 Å². The number of hydrogen-bond acceptors (Lipinski definition) is 5. The van der Waals surface area contributed by atoms with Crippen LogP contribution in [0.15, 0.2) is 78.4 Å². The molecule has 34 heavy (non-hydrogen) atoms. The summed E-state index contributed by atoms with van der Waals surface area (Å²) in [7, 11) is 3.85. The van der Waals surface area contributed by atoms with Gasteiger partial charge in [-0.1, -0.05) is 35.9 Å². The van der Waals surface area contributed by atoms with E-state index < -0.39 is 17.7 Å². The maximum atomic E-state index is 13.3. The number of aliphatic hydroxyl groups excluding tert-OH is 1. The summed E-state index contributed by atoms with van der Waals surface area (Å²) in [5.74, 6) is -1.06. The number of halogens is 1. The fraction of sp³-hybridized carbons (Fsp3) is 0.185. The van der Waals surface area contributed by atoms with Crippen molar-refractivity contribution in [2.24, 2.45) is 0 Å². The molecule has 7 heteroatoms. The molecule has 1 N–H and O–H groups in total. The first kappa shape index (κ1) is 23.4. The highest BCUT2D eigenvalue weighted by Crippen LogP contribution is 2.43. The van der Waals surface area contributed by atoms with E-state index in [1.165, 1.54) is 4.90 Å². The van der Waals surface area contributed by atoms with Gasteiger partial charge in [-0.2, -0.15) is 0 Å². The number of Topliss-reactive ketones (excluding diaryl/α,β-unsaturated/α-hetero) is 1. The molecule has 1 heterocycles. The SMILES string of the molecule is CCOc1ccc(C2/C(=C(\O)c3cccc(Cl)c3)C(=O)C(=O)N2c2ccc(N(C)C)cc2)cc1. The summed E-state index contributed by atoms with van der Waals surface area (Å²) < 4.78 is 5.54. The normalized spacial score (nSPS) is 17.2. The van der Waals surface area contributed by atoms with Gasteiger partial charge < -0.3 is 14.7 Å². The number of hydrogen-bond donors (Lipinski definition) is 1. The maximum Gasteiger partial charge on any atom is 0.300 e. The Hall–Kier alpha value is -3.77. The van der Waals surface area contributed by atoms with Crippen LogP contribution in [0.2, 0.25) is 5.02 Å². The van der Waals surface area contributed by atoms with Crippen LogP contribution in [0.4, 0.5) is 11.4 Å². The van der Waals surface area contributed by atoms with E-state index in [0.29, 0.717) is 34.2 Å². The molecule has 1 amide bonds. The van der Waals surface area contributed by atoms with Crippen molar-refractivity contribution in [2.45, 2.75) is 13.0 Å². The Morgan fingerprint density at radius 1 is 1.03 bits per heavy atom. The number of aliphatic hydroxyl groups is 1. The van der Waals surface area contributed by atoms with Crippen LogP contribution in [-0.4, -0.2) is 37.5 Å². The predicted octanol–water partition coefficient (Wildman–Crippen LogP) is 5.43. The lowest BCUT2D eigenvalue weighted by Crippen LogP contribution is -2.29. The van der Waals surface area contributed by atoms with Gasteiger partial charge in [-0.25, -0.2) is 0 Å². The average Bonchev–Trinajstić information content (AvgIpc) is 3.10. The van der Waals surface area contributed by atoms with Crippen molar-refractivity contribution in [2.75, 3.05) is 30.5 Å². The van der Waals surface area contributed by atoms with Gasteiger partial charge in [0.15, 0.2) is 0 Å². The Morgan fingerprint density at radius 3 is 2.29 bits per heavy atom. The van der Waals surface area contributed by atoms with Crippen LogP contribution < -0.4 is 14.5 Å². The molecule has 1 fully saturated rings. The molecule has 1 saturated heterocycles. The number of anilines is 2. The minimum absolute atomic E-state index is 0.00751. The third-order valence-electron chi connectivity index (χ3n) is 5.69. The van der Waals surface area contributed by atoms with E-state index >= 15 is 0 Å². The zero-order valence-electron chi connectivity index (χ0n) is 19.2. The molecule has 1 aliphatic heterocycles. The standard InChI is InChI=1S/C27H25ClN2O4/c1-4-34-22-14-8-17(9-15-22)24-23(25(31)18-6-5-7-19(28)16-18)26(32)27(33)30(24)21-12-10-20(11-13-21)29(2)3/h5-16,24,31H,4H2,1-3H3/b25-23+. The molecule has 174 valence electrons. The highest BCUT2D eigenvalue weighted by Gasteiger charge is 2.47. The van der Waals surface area contributed by atoms with Gasteiger partial charge in [0.2, 0.25) is 0 Å². The van der Waals surface area contributed by atoms with Crippen LogP contribution in [0.1, 0.15) is 24.1 Å². The van der Waals surface area contributed by atoms with Crippen LogP contribution >= 0.6 is 11.6 Å². The molecule has 0 bridgehead atoms. The lowest BCUT2D eigenvalue weighted by Gasteiger charge is -2.26. The van der Waals surface area contributed by atoms with Crippen molar-refractivity contribution in [3.8, 4) is 5.75 Å². The number of carbonyl (C=O) groups excluding carboxylic acids is 2. The average molecular weight is 477 g/mol. The topological polar surface area (TPSA) is 70.1 Å². The number of nitrogens with zero attached hydrogens (tertiary/aromatic N) is 2. The third kappa shape index (κ3) is 4.37. The van der Waals surface area contributed by atoms with Crippen molar-refractivity contribution >= 4 is 40.4 Å². The molecule has 0 radical (unpaired) electrons. The molecule has 0 spiro atoms. The molecule has 1 aliphatic rings. The zero-order chi connectivity index (χ0) is 24.4. The second-order valence-electron chi connectivity index (χ2n) is 8.09. The fourth-order valence-corrected chi connectivity index (χ4v) is 4.22. The van der Waals surface area contributed by atoms with Crippen molar-refractivity contribution in [1.82, 2.24) is 0 Å². The van der Waals surface area contributed by atoms with E-state index in [2.05, 4.69) is 0 Å². The van der Waals surface area contributed by atoms with Gasteiger partial charge in [-0.15, -0.1) is 0 Å². The Morgan fingerprint density at radius 2 is 1.71 bits per heavy atom. The van der Waals surface area contributed by atoms with E-state index in [-0.39, 0.29) is 11.3 Å². The molecule has 0 saturated carbocycles. The molecular formula is C27H25ClN2O4. The van der Waals surface area contributed by atoms with E-state index in [9.17, 15) is 14.7 Å². The van der Waals surface area contributed by atoms with Crippen LogP contribution in [0, 0.1) is 0 Å². The summed E-state index contributed by atoms with van der Waals surface area (Å²) in [5.41, 5.74) is 2.55. The van der Waals surface area contributed by atoms with E-state index in [4.69, 9.17) is 16.3 Å². The number of amides is 1. The quantitative estimate of drug-likeness (QED) is 0.292. The van der Waals surface area contributed by atoms with Gasteiger partial charge in [0, 0.05) is 36.1 Å². The Bertz CT molecular complexity index is 1250. The molecule has 0 aromatic heterocycles. The number of benzene rings is 3. The Labute approximate surface area is 203 Å². The van der Waals surface area contributed by atoms with Crippen LogP contribution in [-0.2, 0) is 9.59 Å². The summed E-state index contributed by atoms with van der Waals surface area (Å²) in [6.07, 6.45) is 0. The fourth-order valence-electron chi connectivity index (χ4n) is 4.03. The molecule has 6 nitrogen and oxygen atoms in total. The minimum atomic E-state index is -0.820. The molecule has 1 unspecified atom stereocenters. The first-order valence-electron chi connectivity index (χ1n) is 10.9. The van der Waals surface area contributed by atoms with Gasteiger partial charge in [-0.05, 0) is 61.0 Å². The minimum Gasteiger partial charge on any atom is -0.507 e. The first-order valence-corrected chi connectivity index (χ1v) is 11.3. The van der Waals surface area contributed by atoms with E-state index in [1.54, 1.807) is 60.7 Å². The van der Waals surface area contributed by atoms with Gasteiger partial charge >= 0.3 is 0 Å². The molecular weight excluding hydrogens is 452 g/mol. The maximum absolute atomic E-state index is 13.3. The number of carbonyl (C=O) groups is 2. The summed E-state index contributed by atoms with van der Waals surface area (Å²) in [5, 5.41) is 11.6. The van der Waals surface area contributed by atoms with Gasteiger partial charge in [0.1, 0.15) is 11.5 Å². The van der Waals surface area contributed by atoms with Gasteiger partial charge in [0.25, 0.3) is 11.7 Å². The molecule has 1 atom stereocenters. The lowest BCUT2D eigenvalue weighted by molar-refractivity contribution is -0.132. The van der Waals surface area contributed by atoms with Gasteiger partial charge in [-0.3, -0.25) is 14.5 Å². The molecule has 4 rings (SSSR count). The first-order chi connectivity index (χ1) is 16.3. The lowest BCUT2D eigenvalue weighted by atomic mass is 9.95. The predicted molar refractivity (Wildman–Crippen MR) is 135 cm³/mol. The van der Waals surface area contributed by atoms with Crippen LogP contribution in [0.3, 0.4) is 0 Å². The van der Waals surface area contributed by atoms with Crippen LogP contribution in [0.5, 0.6) is 5.75 Å². The monoisotopic (exact) mass is 476 g/mol. The largest absolute Gasteiger partial charge is 0.507 e. The highest BCUT2D eigenvalue weighted by molar-refractivity contribution is 6.51. The summed E-state index contributed by atoms with van der Waals surface area (Å²) in [6.45, 7) is 2.41. The second-order valence-corrected chi connectivity index (χ2v) is 8.53. The highest BCUT2D eigenvalue weighted by atomic mass is 35.5. The molecule has 0 aliphatic carbocycles. The Kier molecular flexibility index (Phi) is 6.61. The summed E-state index contributed by atoms with van der Waals surface area (Å²) >= 11 is 6.11. The summed E-state index contributed by atoms with van der Waals surface area (Å²) in [6, 6.07) is 20.3.